The summed E-state index contributed by atoms with van der Waals surface area (Å²) in [6.07, 6.45) is 0.679. The van der Waals surface area contributed by atoms with E-state index in [9.17, 15) is 19.2 Å². The van der Waals surface area contributed by atoms with Crippen LogP contribution in [0, 0.1) is 13.8 Å². The molecule has 0 bridgehead atoms. The molecule has 0 amide bonds. The van der Waals surface area contributed by atoms with Crippen LogP contribution in [-0.2, 0) is 16.0 Å². The number of carbonyl (C=O) groups is 3. The standard InChI is InChI=1S/C19H23N3O6/c1-5-9-22-15(24)8-7-13(21-22)18(25)28-10-14(23)16-11(3)17(20-12(16)4)19(26)27-6-2/h7-8,20H,5-6,9-10H2,1-4H3. The van der Waals surface area contributed by atoms with Gasteiger partial charge in [0.25, 0.3) is 5.56 Å². The SMILES string of the molecule is CCCn1nc(C(=O)OCC(=O)c2c(C)[nH]c(C(=O)OCC)c2C)ccc1=O. The number of ketones is 1. The van der Waals surface area contributed by atoms with Crippen molar-refractivity contribution in [3.63, 3.8) is 0 Å². The number of esters is 2. The minimum Gasteiger partial charge on any atom is -0.461 e. The number of Topliss-reactive ketones (excluding diaryl/α,β-unsaturated/α-hetero) is 1. The highest BCUT2D eigenvalue weighted by atomic mass is 16.5. The molecule has 0 fully saturated rings. The van der Waals surface area contributed by atoms with Gasteiger partial charge in [-0.2, -0.15) is 5.10 Å². The van der Waals surface area contributed by atoms with E-state index in [0.29, 0.717) is 24.2 Å². The smallest absolute Gasteiger partial charge is 0.359 e. The summed E-state index contributed by atoms with van der Waals surface area (Å²) in [5, 5.41) is 3.95. The van der Waals surface area contributed by atoms with Gasteiger partial charge in [-0.25, -0.2) is 14.3 Å². The van der Waals surface area contributed by atoms with Crippen molar-refractivity contribution in [3.05, 3.63) is 50.7 Å². The van der Waals surface area contributed by atoms with Crippen molar-refractivity contribution < 1.29 is 23.9 Å². The maximum Gasteiger partial charge on any atom is 0.359 e. The van der Waals surface area contributed by atoms with Gasteiger partial charge in [0, 0.05) is 23.9 Å². The molecule has 2 heterocycles. The van der Waals surface area contributed by atoms with Gasteiger partial charge in [0.05, 0.1) is 6.61 Å². The summed E-state index contributed by atoms with van der Waals surface area (Å²) >= 11 is 0. The number of H-pyrrole nitrogens is 1. The Morgan fingerprint density at radius 2 is 1.82 bits per heavy atom. The average Bonchev–Trinajstić information content (AvgIpc) is 2.96. The van der Waals surface area contributed by atoms with Crippen LogP contribution in [0.2, 0.25) is 0 Å². The number of aromatic nitrogens is 3. The normalized spacial score (nSPS) is 10.6. The van der Waals surface area contributed by atoms with Crippen molar-refractivity contribution in [1.29, 1.82) is 0 Å². The number of hydrogen-bond acceptors (Lipinski definition) is 7. The highest BCUT2D eigenvalue weighted by molar-refractivity contribution is 6.04. The Morgan fingerprint density at radius 1 is 1.11 bits per heavy atom. The van der Waals surface area contributed by atoms with E-state index in [-0.39, 0.29) is 29.1 Å². The molecule has 0 atom stereocenters. The predicted octanol–water partition coefficient (Wildman–Crippen LogP) is 1.81. The van der Waals surface area contributed by atoms with E-state index in [0.717, 1.165) is 0 Å². The van der Waals surface area contributed by atoms with Crippen LogP contribution in [0.4, 0.5) is 0 Å². The number of rotatable bonds is 8. The molecule has 9 nitrogen and oxygen atoms in total. The first-order chi connectivity index (χ1) is 13.3. The average molecular weight is 389 g/mol. The molecule has 0 aliphatic heterocycles. The fraction of sp³-hybridized carbons (Fsp3) is 0.421. The van der Waals surface area contributed by atoms with Crippen molar-refractivity contribution in [2.45, 2.75) is 40.7 Å². The van der Waals surface area contributed by atoms with E-state index >= 15 is 0 Å². The number of nitrogens with zero attached hydrogens (tertiary/aromatic N) is 2. The largest absolute Gasteiger partial charge is 0.461 e. The molecule has 0 aliphatic carbocycles. The van der Waals surface area contributed by atoms with Gasteiger partial charge in [0.15, 0.2) is 12.3 Å². The topological polar surface area (TPSA) is 120 Å². The van der Waals surface area contributed by atoms with Crippen molar-refractivity contribution in [1.82, 2.24) is 14.8 Å². The zero-order chi connectivity index (χ0) is 20.8. The molecule has 150 valence electrons. The zero-order valence-electron chi connectivity index (χ0n) is 16.3. The zero-order valence-corrected chi connectivity index (χ0v) is 16.3. The fourth-order valence-electron chi connectivity index (χ4n) is 2.78. The molecular formula is C19H23N3O6. The van der Waals surface area contributed by atoms with Crippen molar-refractivity contribution in [2.24, 2.45) is 0 Å². The van der Waals surface area contributed by atoms with Gasteiger partial charge in [0.1, 0.15) is 5.69 Å². The second kappa shape index (κ2) is 9.12. The molecule has 2 rings (SSSR count). The third-order valence-electron chi connectivity index (χ3n) is 4.04. The molecule has 0 aliphatic rings. The molecule has 0 radical (unpaired) electrons. The molecule has 0 aromatic carbocycles. The Kier molecular flexibility index (Phi) is 6.86. The molecule has 1 N–H and O–H groups in total. The Bertz CT molecular complexity index is 957. The molecule has 0 spiro atoms. The van der Waals surface area contributed by atoms with Gasteiger partial charge in [0.2, 0.25) is 5.78 Å². The summed E-state index contributed by atoms with van der Waals surface area (Å²) in [4.78, 5) is 51.1. The Labute approximate surface area is 161 Å². The third kappa shape index (κ3) is 4.54. The Balaban J connectivity index is 2.12. The maximum absolute atomic E-state index is 12.5. The van der Waals surface area contributed by atoms with Crippen LogP contribution in [0.25, 0.3) is 0 Å². The first kappa shape index (κ1) is 21.1. The van der Waals surface area contributed by atoms with E-state index < -0.39 is 24.3 Å². The maximum atomic E-state index is 12.5. The van der Waals surface area contributed by atoms with E-state index in [1.807, 2.05) is 6.92 Å². The second-order valence-electron chi connectivity index (χ2n) is 6.12. The summed E-state index contributed by atoms with van der Waals surface area (Å²) < 4.78 is 11.2. The highest BCUT2D eigenvalue weighted by Gasteiger charge is 2.24. The first-order valence-electron chi connectivity index (χ1n) is 8.94. The summed E-state index contributed by atoms with van der Waals surface area (Å²) in [6.45, 7) is 6.90. The van der Waals surface area contributed by atoms with E-state index in [1.54, 1.807) is 20.8 Å². The Morgan fingerprint density at radius 3 is 2.46 bits per heavy atom. The monoisotopic (exact) mass is 389 g/mol. The summed E-state index contributed by atoms with van der Waals surface area (Å²) in [6, 6.07) is 2.49. The van der Waals surface area contributed by atoms with Crippen molar-refractivity contribution >= 4 is 17.7 Å². The number of aromatic amines is 1. The lowest BCUT2D eigenvalue weighted by Crippen LogP contribution is -2.25. The summed E-state index contributed by atoms with van der Waals surface area (Å²) in [5.74, 6) is -1.83. The van der Waals surface area contributed by atoms with E-state index in [4.69, 9.17) is 9.47 Å². The number of nitrogens with one attached hydrogen (secondary N) is 1. The van der Waals surface area contributed by atoms with Crippen LogP contribution >= 0.6 is 0 Å². The van der Waals surface area contributed by atoms with Crippen molar-refractivity contribution in [3.8, 4) is 0 Å². The first-order valence-corrected chi connectivity index (χ1v) is 8.94. The van der Waals surface area contributed by atoms with Crippen LogP contribution in [-0.4, -0.2) is 45.7 Å². The van der Waals surface area contributed by atoms with Crippen LogP contribution in [0.3, 0.4) is 0 Å². The number of carbonyl (C=O) groups excluding carboxylic acids is 3. The quantitative estimate of drug-likeness (QED) is 0.540. The minimum atomic E-state index is -0.810. The fourth-order valence-corrected chi connectivity index (χ4v) is 2.78. The number of ether oxygens (including phenoxy) is 2. The molecule has 0 saturated carbocycles. The molecule has 9 heteroatoms. The Hall–Kier alpha value is -3.23. The van der Waals surface area contributed by atoms with Crippen LogP contribution in [0.1, 0.15) is 62.9 Å². The second-order valence-corrected chi connectivity index (χ2v) is 6.12. The van der Waals surface area contributed by atoms with Crippen LogP contribution < -0.4 is 5.56 Å². The van der Waals surface area contributed by atoms with Gasteiger partial charge < -0.3 is 14.5 Å². The van der Waals surface area contributed by atoms with E-state index in [1.165, 1.54) is 16.8 Å². The lowest BCUT2D eigenvalue weighted by molar-refractivity contribution is 0.0464. The van der Waals surface area contributed by atoms with Crippen LogP contribution in [0.5, 0.6) is 0 Å². The van der Waals surface area contributed by atoms with Gasteiger partial charge in [-0.05, 0) is 38.8 Å². The predicted molar refractivity (Wildman–Crippen MR) is 99.6 cm³/mol. The molecular weight excluding hydrogens is 366 g/mol. The number of hydrogen-bond donors (Lipinski definition) is 1. The summed E-state index contributed by atoms with van der Waals surface area (Å²) in [7, 11) is 0. The van der Waals surface area contributed by atoms with Crippen LogP contribution in [0.15, 0.2) is 16.9 Å². The van der Waals surface area contributed by atoms with Crippen molar-refractivity contribution in [2.75, 3.05) is 13.2 Å². The van der Waals surface area contributed by atoms with Gasteiger partial charge in [-0.3, -0.25) is 9.59 Å². The van der Waals surface area contributed by atoms with E-state index in [2.05, 4.69) is 10.1 Å². The van der Waals surface area contributed by atoms with Gasteiger partial charge in [-0.15, -0.1) is 0 Å². The highest BCUT2D eigenvalue weighted by Crippen LogP contribution is 2.19. The molecule has 0 unspecified atom stereocenters. The minimum absolute atomic E-state index is 0.0597. The van der Waals surface area contributed by atoms with Gasteiger partial charge in [-0.1, -0.05) is 6.92 Å². The van der Waals surface area contributed by atoms with Gasteiger partial charge >= 0.3 is 11.9 Å². The molecule has 2 aromatic heterocycles. The molecule has 0 saturated heterocycles. The molecule has 28 heavy (non-hydrogen) atoms. The lowest BCUT2D eigenvalue weighted by Gasteiger charge is -2.07. The number of aryl methyl sites for hydroxylation is 2. The third-order valence-corrected chi connectivity index (χ3v) is 4.04. The lowest BCUT2D eigenvalue weighted by atomic mass is 10.1. The molecule has 2 aromatic rings. The summed E-state index contributed by atoms with van der Waals surface area (Å²) in [5.41, 5.74) is 1.01.